The van der Waals surface area contributed by atoms with Gasteiger partial charge < -0.3 is 4.74 Å². The summed E-state index contributed by atoms with van der Waals surface area (Å²) in [6.45, 7) is 7.63. The highest BCUT2D eigenvalue weighted by Crippen LogP contribution is 2.22. The van der Waals surface area contributed by atoms with Gasteiger partial charge in [0.1, 0.15) is 5.01 Å². The number of hydrogen-bond acceptors (Lipinski definition) is 7. The van der Waals surface area contributed by atoms with Crippen molar-refractivity contribution in [1.29, 1.82) is 0 Å². The van der Waals surface area contributed by atoms with Crippen molar-refractivity contribution in [2.24, 2.45) is 0 Å². The van der Waals surface area contributed by atoms with Crippen molar-refractivity contribution in [3.63, 3.8) is 0 Å². The third-order valence-corrected chi connectivity index (χ3v) is 4.55. The van der Waals surface area contributed by atoms with Crippen molar-refractivity contribution in [3.05, 3.63) is 32.7 Å². The van der Waals surface area contributed by atoms with E-state index < -0.39 is 0 Å². The van der Waals surface area contributed by atoms with E-state index in [9.17, 15) is 4.79 Å². The van der Waals surface area contributed by atoms with Gasteiger partial charge in [0.25, 0.3) is 10.8 Å². The average Bonchev–Trinajstić information content (AvgIpc) is 2.96. The molecule has 0 aliphatic carbocycles. The van der Waals surface area contributed by atoms with Gasteiger partial charge in [-0.15, -0.1) is 10.2 Å². The highest BCUT2D eigenvalue weighted by atomic mass is 32.1. The molecule has 0 amide bonds. The fourth-order valence-corrected chi connectivity index (χ4v) is 3.47. The van der Waals surface area contributed by atoms with Crippen LogP contribution >= 0.6 is 11.3 Å². The van der Waals surface area contributed by atoms with Gasteiger partial charge in [-0.25, -0.2) is 4.68 Å². The Morgan fingerprint density at radius 2 is 2.22 bits per heavy atom. The summed E-state index contributed by atoms with van der Waals surface area (Å²) in [5.74, 6) is 0. The lowest BCUT2D eigenvalue weighted by atomic mass is 10.1. The summed E-state index contributed by atoms with van der Waals surface area (Å²) < 4.78 is 6.93. The van der Waals surface area contributed by atoms with E-state index in [0.717, 1.165) is 48.7 Å². The van der Waals surface area contributed by atoms with Crippen LogP contribution in [0.4, 0.5) is 0 Å². The zero-order valence-corrected chi connectivity index (χ0v) is 14.3. The van der Waals surface area contributed by atoms with E-state index in [4.69, 9.17) is 4.74 Å². The maximum absolute atomic E-state index is 12.1. The third-order valence-electron chi connectivity index (χ3n) is 3.73. The zero-order valence-electron chi connectivity index (χ0n) is 13.5. The zero-order chi connectivity index (χ0) is 16.2. The normalized spacial score (nSPS) is 14.7. The number of hydrogen-bond donors (Lipinski definition) is 0. The van der Waals surface area contributed by atoms with E-state index in [2.05, 4.69) is 20.2 Å². The van der Waals surface area contributed by atoms with Crippen LogP contribution < -0.4 is 10.3 Å². The van der Waals surface area contributed by atoms with Crippen LogP contribution in [0.3, 0.4) is 0 Å². The molecule has 8 heteroatoms. The molecular weight excluding hydrogens is 314 g/mol. The number of rotatable bonds is 6. The van der Waals surface area contributed by atoms with Crippen molar-refractivity contribution in [2.45, 2.75) is 46.3 Å². The molecule has 0 N–H and O–H groups in total. The Balaban J connectivity index is 1.69. The van der Waals surface area contributed by atoms with Crippen LogP contribution in [0.15, 0.2) is 10.9 Å². The van der Waals surface area contributed by atoms with Gasteiger partial charge in [-0.1, -0.05) is 18.3 Å². The van der Waals surface area contributed by atoms with Gasteiger partial charge in [0.15, 0.2) is 0 Å². The summed E-state index contributed by atoms with van der Waals surface area (Å²) in [4.78, 5) is 14.3. The van der Waals surface area contributed by atoms with Crippen LogP contribution in [0.25, 0.3) is 0 Å². The van der Waals surface area contributed by atoms with Crippen LogP contribution in [-0.2, 0) is 26.1 Å². The van der Waals surface area contributed by atoms with Gasteiger partial charge in [-0.2, -0.15) is 5.10 Å². The molecule has 0 unspecified atom stereocenters. The van der Waals surface area contributed by atoms with E-state index >= 15 is 0 Å². The Morgan fingerprint density at radius 1 is 1.35 bits per heavy atom. The second-order valence-corrected chi connectivity index (χ2v) is 6.56. The van der Waals surface area contributed by atoms with E-state index in [1.807, 2.05) is 13.8 Å². The molecule has 0 saturated heterocycles. The lowest BCUT2D eigenvalue weighted by Gasteiger charge is -2.27. The second-order valence-electron chi connectivity index (χ2n) is 5.53. The first-order valence-corrected chi connectivity index (χ1v) is 8.78. The second kappa shape index (κ2) is 7.18. The van der Waals surface area contributed by atoms with Crippen LogP contribution in [0.2, 0.25) is 0 Å². The first-order valence-electron chi connectivity index (χ1n) is 7.97. The Hall–Kier alpha value is -1.80. The Kier molecular flexibility index (Phi) is 5.02. The molecule has 0 atom stereocenters. The third kappa shape index (κ3) is 3.76. The first kappa shape index (κ1) is 16.1. The molecule has 0 bridgehead atoms. The molecule has 2 aromatic rings. The largest absolute Gasteiger partial charge is 0.469 e. The summed E-state index contributed by atoms with van der Waals surface area (Å²) >= 11 is 1.48. The molecule has 0 saturated carbocycles. The van der Waals surface area contributed by atoms with Crippen molar-refractivity contribution in [2.75, 3.05) is 13.2 Å². The van der Waals surface area contributed by atoms with Crippen LogP contribution in [-0.4, -0.2) is 38.0 Å². The molecule has 3 heterocycles. The summed E-state index contributed by atoms with van der Waals surface area (Å²) in [5, 5.41) is 14.2. The molecule has 7 nitrogen and oxygen atoms in total. The quantitative estimate of drug-likeness (QED) is 0.796. The Bertz CT molecular complexity index is 727. The fourth-order valence-electron chi connectivity index (χ4n) is 2.68. The molecule has 124 valence electrons. The highest BCUT2D eigenvalue weighted by molar-refractivity contribution is 7.13. The number of nitrogens with zero attached hydrogens (tertiary/aromatic N) is 5. The van der Waals surface area contributed by atoms with Crippen molar-refractivity contribution in [3.8, 4) is 5.19 Å². The maximum atomic E-state index is 12.1. The lowest BCUT2D eigenvalue weighted by molar-refractivity contribution is 0.240. The molecule has 3 rings (SSSR count). The van der Waals surface area contributed by atoms with Gasteiger partial charge in [0.2, 0.25) is 0 Å². The molecule has 0 aromatic carbocycles. The predicted molar refractivity (Wildman–Crippen MR) is 87.7 cm³/mol. The monoisotopic (exact) mass is 335 g/mol. The van der Waals surface area contributed by atoms with Gasteiger partial charge in [-0.05, 0) is 18.9 Å². The molecule has 1 aliphatic rings. The minimum atomic E-state index is -0.0120. The highest BCUT2D eigenvalue weighted by Gasteiger charge is 2.20. The van der Waals surface area contributed by atoms with E-state index in [1.165, 1.54) is 11.3 Å². The molecule has 0 spiro atoms. The number of fused-ring (bicyclic) bond motifs is 1. The summed E-state index contributed by atoms with van der Waals surface area (Å²) in [6.07, 6.45) is 1.77. The van der Waals surface area contributed by atoms with Crippen molar-refractivity contribution < 1.29 is 4.74 Å². The van der Waals surface area contributed by atoms with Crippen molar-refractivity contribution in [1.82, 2.24) is 24.9 Å². The number of aryl methyl sites for hydroxylation is 1. The van der Waals surface area contributed by atoms with Gasteiger partial charge in [0, 0.05) is 32.1 Å². The van der Waals surface area contributed by atoms with Crippen LogP contribution in [0, 0.1) is 0 Å². The fraction of sp³-hybridized carbons (Fsp3) is 0.600. The van der Waals surface area contributed by atoms with E-state index in [1.54, 1.807) is 10.7 Å². The number of aromatic nitrogens is 4. The molecule has 0 fully saturated rings. The summed E-state index contributed by atoms with van der Waals surface area (Å²) in [7, 11) is 0. The average molecular weight is 335 g/mol. The summed E-state index contributed by atoms with van der Waals surface area (Å²) in [5.41, 5.74) is 2.06. The molecule has 2 aromatic heterocycles. The van der Waals surface area contributed by atoms with Crippen LogP contribution in [0.5, 0.6) is 5.19 Å². The minimum absolute atomic E-state index is 0.0120. The lowest BCUT2D eigenvalue weighted by Crippen LogP contribution is -2.34. The Labute approximate surface area is 138 Å². The number of ether oxygens (including phenoxy) is 1. The minimum Gasteiger partial charge on any atom is -0.469 e. The van der Waals surface area contributed by atoms with E-state index in [0.29, 0.717) is 18.3 Å². The Morgan fingerprint density at radius 3 is 3.00 bits per heavy atom. The standard InChI is InChI=1S/C15H21N5O2S/c1-3-6-20-14(21)8-11-9-19(7-5-12(11)18-20)10-13-16-17-15(23-13)22-4-2/h8H,3-7,9-10H2,1-2H3. The SMILES string of the molecule is CCCn1nc2c(cc1=O)CN(Cc1nnc(OCC)s1)CC2. The topological polar surface area (TPSA) is 73.1 Å². The molecule has 0 radical (unpaired) electrons. The maximum Gasteiger partial charge on any atom is 0.294 e. The van der Waals surface area contributed by atoms with E-state index in [-0.39, 0.29) is 5.56 Å². The van der Waals surface area contributed by atoms with Crippen molar-refractivity contribution >= 4 is 11.3 Å². The molecule has 23 heavy (non-hydrogen) atoms. The first-order chi connectivity index (χ1) is 11.2. The molecular formula is C15H21N5O2S. The van der Waals surface area contributed by atoms with Crippen LogP contribution in [0.1, 0.15) is 36.5 Å². The summed E-state index contributed by atoms with van der Waals surface area (Å²) in [6, 6.07) is 1.73. The van der Waals surface area contributed by atoms with Gasteiger partial charge in [0.05, 0.1) is 18.8 Å². The predicted octanol–water partition coefficient (Wildman–Crippen LogP) is 1.46. The van der Waals surface area contributed by atoms with Gasteiger partial charge in [-0.3, -0.25) is 9.69 Å². The smallest absolute Gasteiger partial charge is 0.294 e. The molecule has 1 aliphatic heterocycles. The van der Waals surface area contributed by atoms with Gasteiger partial charge >= 0.3 is 0 Å².